The molecule has 0 aromatic rings. The molecule has 3 atom stereocenters. The molecule has 3 unspecified atom stereocenters. The Morgan fingerprint density at radius 3 is 2.47 bits per heavy atom. The first-order valence-corrected chi connectivity index (χ1v) is 9.56. The summed E-state index contributed by atoms with van der Waals surface area (Å²) in [4.78, 5) is 0.530. The first-order chi connectivity index (χ1) is 7.98. The van der Waals surface area contributed by atoms with Crippen LogP contribution in [-0.4, -0.2) is 24.8 Å². The average Bonchev–Trinajstić information content (AvgIpc) is 2.30. The van der Waals surface area contributed by atoms with Crippen molar-refractivity contribution in [1.29, 1.82) is 0 Å². The van der Waals surface area contributed by atoms with E-state index in [0.717, 1.165) is 12.3 Å². The maximum atomic E-state index is 11.5. The van der Waals surface area contributed by atoms with Crippen LogP contribution in [0.2, 0.25) is 0 Å². The van der Waals surface area contributed by atoms with Crippen molar-refractivity contribution in [2.45, 2.75) is 57.2 Å². The van der Waals surface area contributed by atoms with Crippen LogP contribution in [0.5, 0.6) is 0 Å². The van der Waals surface area contributed by atoms with Gasteiger partial charge in [0.1, 0.15) is 9.84 Å². The molecule has 1 aliphatic rings. The highest BCUT2D eigenvalue weighted by molar-refractivity contribution is 9.09. The van der Waals surface area contributed by atoms with Gasteiger partial charge in [0.25, 0.3) is 0 Å². The molecule has 0 bridgehead atoms. The fourth-order valence-electron chi connectivity index (χ4n) is 2.77. The van der Waals surface area contributed by atoms with Crippen molar-refractivity contribution in [1.82, 2.24) is 0 Å². The SMILES string of the molecule is CCCC1CCC(Br)C(CCS(=O)(=O)CC)C1. The van der Waals surface area contributed by atoms with Crippen LogP contribution in [-0.2, 0) is 9.84 Å². The van der Waals surface area contributed by atoms with E-state index in [1.165, 1.54) is 32.1 Å². The molecule has 0 aromatic heterocycles. The second kappa shape index (κ2) is 7.13. The predicted molar refractivity (Wildman–Crippen MR) is 77.4 cm³/mol. The van der Waals surface area contributed by atoms with Gasteiger partial charge in [0.2, 0.25) is 0 Å². The lowest BCUT2D eigenvalue weighted by atomic mass is 9.78. The minimum Gasteiger partial charge on any atom is -0.229 e. The molecular weight excluding hydrogens is 300 g/mol. The van der Waals surface area contributed by atoms with Gasteiger partial charge in [-0.2, -0.15) is 0 Å². The molecule has 0 radical (unpaired) electrons. The van der Waals surface area contributed by atoms with Crippen LogP contribution >= 0.6 is 15.9 Å². The molecule has 1 aliphatic carbocycles. The third kappa shape index (κ3) is 5.29. The largest absolute Gasteiger partial charge is 0.229 e. The maximum Gasteiger partial charge on any atom is 0.150 e. The van der Waals surface area contributed by atoms with Gasteiger partial charge in [0, 0.05) is 10.6 Å². The molecule has 0 saturated heterocycles. The molecule has 1 saturated carbocycles. The van der Waals surface area contributed by atoms with Gasteiger partial charge in [-0.1, -0.05) is 42.6 Å². The highest BCUT2D eigenvalue weighted by Gasteiger charge is 2.29. The van der Waals surface area contributed by atoms with Crippen LogP contribution in [0.1, 0.15) is 52.4 Å². The van der Waals surface area contributed by atoms with E-state index in [4.69, 9.17) is 0 Å². The zero-order chi connectivity index (χ0) is 12.9. The zero-order valence-corrected chi connectivity index (χ0v) is 13.4. The van der Waals surface area contributed by atoms with Crippen molar-refractivity contribution in [3.63, 3.8) is 0 Å². The molecule has 0 spiro atoms. The van der Waals surface area contributed by atoms with Gasteiger partial charge in [-0.15, -0.1) is 0 Å². The molecule has 0 aromatic carbocycles. The van der Waals surface area contributed by atoms with Gasteiger partial charge in [0.05, 0.1) is 5.75 Å². The quantitative estimate of drug-likeness (QED) is 0.696. The molecule has 17 heavy (non-hydrogen) atoms. The summed E-state index contributed by atoms with van der Waals surface area (Å²) in [7, 11) is -2.79. The van der Waals surface area contributed by atoms with Crippen LogP contribution < -0.4 is 0 Å². The minimum atomic E-state index is -2.79. The molecule has 2 nitrogen and oxygen atoms in total. The van der Waals surface area contributed by atoms with Crippen LogP contribution in [0.4, 0.5) is 0 Å². The Bertz CT molecular complexity index is 313. The number of alkyl halides is 1. The van der Waals surface area contributed by atoms with Crippen LogP contribution in [0.25, 0.3) is 0 Å². The Labute approximate surface area is 115 Å². The summed E-state index contributed by atoms with van der Waals surface area (Å²) < 4.78 is 23.1. The Kier molecular flexibility index (Phi) is 6.49. The number of hydrogen-bond donors (Lipinski definition) is 0. The lowest BCUT2D eigenvalue weighted by Crippen LogP contribution is -2.27. The first-order valence-electron chi connectivity index (χ1n) is 6.83. The summed E-state index contributed by atoms with van der Waals surface area (Å²) in [6, 6.07) is 0. The number of rotatable bonds is 6. The highest BCUT2D eigenvalue weighted by atomic mass is 79.9. The van der Waals surface area contributed by atoms with Crippen molar-refractivity contribution >= 4 is 25.8 Å². The van der Waals surface area contributed by atoms with E-state index in [9.17, 15) is 8.42 Å². The van der Waals surface area contributed by atoms with E-state index in [2.05, 4.69) is 22.9 Å². The predicted octanol–water partition coefficient (Wildman–Crippen LogP) is 3.79. The Hall–Kier alpha value is 0.430. The fraction of sp³-hybridized carbons (Fsp3) is 1.00. The standard InChI is InChI=1S/C13H25BrO2S/c1-3-5-11-6-7-13(14)12(10-11)8-9-17(15,16)4-2/h11-13H,3-10H2,1-2H3. The molecule has 0 heterocycles. The van der Waals surface area contributed by atoms with Crippen LogP contribution in [0.3, 0.4) is 0 Å². The van der Waals surface area contributed by atoms with Crippen molar-refractivity contribution in [3.8, 4) is 0 Å². The van der Waals surface area contributed by atoms with Gasteiger partial charge in [-0.25, -0.2) is 8.42 Å². The molecule has 0 amide bonds. The highest BCUT2D eigenvalue weighted by Crippen LogP contribution is 2.37. The van der Waals surface area contributed by atoms with Crippen molar-refractivity contribution in [3.05, 3.63) is 0 Å². The molecule has 102 valence electrons. The number of sulfone groups is 1. The van der Waals surface area contributed by atoms with Gasteiger partial charge < -0.3 is 0 Å². The molecule has 0 aliphatic heterocycles. The molecule has 1 fully saturated rings. The van der Waals surface area contributed by atoms with E-state index >= 15 is 0 Å². The minimum absolute atomic E-state index is 0.283. The van der Waals surface area contributed by atoms with Gasteiger partial charge in [0.15, 0.2) is 0 Å². The van der Waals surface area contributed by atoms with Crippen molar-refractivity contribution in [2.24, 2.45) is 11.8 Å². The smallest absolute Gasteiger partial charge is 0.150 e. The lowest BCUT2D eigenvalue weighted by Gasteiger charge is -2.33. The monoisotopic (exact) mass is 324 g/mol. The second-order valence-electron chi connectivity index (χ2n) is 5.27. The zero-order valence-electron chi connectivity index (χ0n) is 11.0. The van der Waals surface area contributed by atoms with E-state index in [1.54, 1.807) is 6.92 Å². The van der Waals surface area contributed by atoms with Crippen molar-refractivity contribution < 1.29 is 8.42 Å². The Morgan fingerprint density at radius 2 is 1.88 bits per heavy atom. The maximum absolute atomic E-state index is 11.5. The summed E-state index contributed by atoms with van der Waals surface area (Å²) in [5.41, 5.74) is 0. The van der Waals surface area contributed by atoms with Crippen LogP contribution in [0.15, 0.2) is 0 Å². The summed E-state index contributed by atoms with van der Waals surface area (Å²) >= 11 is 3.73. The van der Waals surface area contributed by atoms with E-state index < -0.39 is 9.84 Å². The Balaban J connectivity index is 2.45. The van der Waals surface area contributed by atoms with E-state index in [1.807, 2.05) is 0 Å². The molecular formula is C13H25BrO2S. The Morgan fingerprint density at radius 1 is 1.18 bits per heavy atom. The van der Waals surface area contributed by atoms with E-state index in [0.29, 0.717) is 16.5 Å². The molecule has 4 heteroatoms. The van der Waals surface area contributed by atoms with Crippen molar-refractivity contribution in [2.75, 3.05) is 11.5 Å². The summed E-state index contributed by atoms with van der Waals surface area (Å²) in [5.74, 6) is 2.03. The normalized spacial score (nSPS) is 30.4. The summed E-state index contributed by atoms with van der Waals surface area (Å²) in [5, 5.41) is 0. The second-order valence-corrected chi connectivity index (χ2v) is 8.92. The molecule has 1 rings (SSSR count). The summed E-state index contributed by atoms with van der Waals surface area (Å²) in [6.45, 7) is 3.97. The topological polar surface area (TPSA) is 34.1 Å². The third-order valence-electron chi connectivity index (χ3n) is 3.93. The van der Waals surface area contributed by atoms with Gasteiger partial charge in [-0.3, -0.25) is 0 Å². The third-order valence-corrected chi connectivity index (χ3v) is 6.88. The fourth-order valence-corrected chi connectivity index (χ4v) is 4.46. The van der Waals surface area contributed by atoms with Gasteiger partial charge >= 0.3 is 0 Å². The summed E-state index contributed by atoms with van der Waals surface area (Å²) in [6.07, 6.45) is 7.12. The van der Waals surface area contributed by atoms with Gasteiger partial charge in [-0.05, 0) is 37.5 Å². The van der Waals surface area contributed by atoms with E-state index in [-0.39, 0.29) is 5.75 Å². The lowest BCUT2D eigenvalue weighted by molar-refractivity contribution is 0.259. The molecule has 0 N–H and O–H groups in total. The van der Waals surface area contributed by atoms with Crippen LogP contribution in [0, 0.1) is 11.8 Å². The first kappa shape index (κ1) is 15.5. The average molecular weight is 325 g/mol. The number of halogens is 1. The number of hydrogen-bond acceptors (Lipinski definition) is 2.